The molecule has 0 saturated carbocycles. The van der Waals surface area contributed by atoms with Crippen LogP contribution in [0.1, 0.15) is 25.3 Å². The highest BCUT2D eigenvalue weighted by atomic mass is 16.6. The number of hydrogen-bond acceptors (Lipinski definition) is 5. The highest BCUT2D eigenvalue weighted by molar-refractivity contribution is 5.61. The van der Waals surface area contributed by atoms with Crippen molar-refractivity contribution in [3.05, 3.63) is 33.9 Å². The average Bonchev–Trinajstić information content (AvgIpc) is 2.48. The Morgan fingerprint density at radius 1 is 1.60 bits per heavy atom. The van der Waals surface area contributed by atoms with E-state index < -0.39 is 4.92 Å². The van der Waals surface area contributed by atoms with Crippen LogP contribution in [-0.4, -0.2) is 24.1 Å². The third-order valence-electron chi connectivity index (χ3n) is 3.76. The number of rotatable bonds is 4. The Labute approximate surface area is 117 Å². The second kappa shape index (κ2) is 6.35. The molecule has 20 heavy (non-hydrogen) atoms. The molecule has 2 atom stereocenters. The summed E-state index contributed by atoms with van der Waals surface area (Å²) in [7, 11) is 0. The summed E-state index contributed by atoms with van der Waals surface area (Å²) in [5.41, 5.74) is 0.921. The van der Waals surface area contributed by atoms with Crippen molar-refractivity contribution in [3.63, 3.8) is 0 Å². The minimum absolute atomic E-state index is 0.0564. The molecule has 2 rings (SSSR count). The number of benzene rings is 1. The molecule has 1 saturated heterocycles. The van der Waals surface area contributed by atoms with Gasteiger partial charge in [-0.2, -0.15) is 5.26 Å². The monoisotopic (exact) mass is 274 g/mol. The SMILES string of the molecule is CC(Nc1ccc([N+](=O)[O-])cc1C#N)C1CCCNC1. The van der Waals surface area contributed by atoms with Gasteiger partial charge in [0, 0.05) is 18.2 Å². The van der Waals surface area contributed by atoms with E-state index in [9.17, 15) is 10.1 Å². The summed E-state index contributed by atoms with van der Waals surface area (Å²) in [6.45, 7) is 4.10. The van der Waals surface area contributed by atoms with Gasteiger partial charge in [-0.15, -0.1) is 0 Å². The Morgan fingerprint density at radius 2 is 2.40 bits per heavy atom. The van der Waals surface area contributed by atoms with E-state index in [1.165, 1.54) is 12.1 Å². The molecule has 1 aromatic carbocycles. The summed E-state index contributed by atoms with van der Waals surface area (Å²) in [5, 5.41) is 26.5. The average molecular weight is 274 g/mol. The van der Waals surface area contributed by atoms with Crippen LogP contribution in [0.25, 0.3) is 0 Å². The van der Waals surface area contributed by atoms with Gasteiger partial charge in [0.2, 0.25) is 0 Å². The number of anilines is 1. The van der Waals surface area contributed by atoms with Gasteiger partial charge >= 0.3 is 0 Å². The van der Waals surface area contributed by atoms with Crippen LogP contribution in [0.4, 0.5) is 11.4 Å². The topological polar surface area (TPSA) is 91.0 Å². The summed E-state index contributed by atoms with van der Waals surface area (Å²) in [6.07, 6.45) is 2.30. The molecule has 1 aromatic rings. The lowest BCUT2D eigenvalue weighted by Crippen LogP contribution is -2.38. The largest absolute Gasteiger partial charge is 0.381 e. The van der Waals surface area contributed by atoms with Crippen molar-refractivity contribution in [2.45, 2.75) is 25.8 Å². The van der Waals surface area contributed by atoms with E-state index in [1.54, 1.807) is 6.07 Å². The van der Waals surface area contributed by atoms with E-state index in [1.807, 2.05) is 6.07 Å². The summed E-state index contributed by atoms with van der Waals surface area (Å²) < 4.78 is 0. The zero-order valence-corrected chi connectivity index (χ0v) is 11.4. The van der Waals surface area contributed by atoms with E-state index in [-0.39, 0.29) is 11.7 Å². The highest BCUT2D eigenvalue weighted by Gasteiger charge is 2.21. The van der Waals surface area contributed by atoms with E-state index in [4.69, 9.17) is 5.26 Å². The molecule has 0 radical (unpaired) electrons. The van der Waals surface area contributed by atoms with E-state index in [0.29, 0.717) is 17.2 Å². The van der Waals surface area contributed by atoms with Crippen LogP contribution >= 0.6 is 0 Å². The molecule has 1 aliphatic rings. The molecule has 1 heterocycles. The summed E-state index contributed by atoms with van der Waals surface area (Å²) >= 11 is 0. The molecule has 0 amide bonds. The minimum atomic E-state index is -0.487. The third kappa shape index (κ3) is 3.25. The van der Waals surface area contributed by atoms with Crippen molar-refractivity contribution in [1.82, 2.24) is 5.32 Å². The molecule has 1 fully saturated rings. The molecule has 1 aliphatic heterocycles. The standard InChI is InChI=1S/C14H18N4O2/c1-10(11-3-2-6-16-9-11)17-14-5-4-13(18(19)20)7-12(14)8-15/h4-5,7,10-11,16-17H,2-3,6,9H2,1H3. The number of nitrogens with one attached hydrogen (secondary N) is 2. The zero-order valence-electron chi connectivity index (χ0n) is 11.4. The lowest BCUT2D eigenvalue weighted by atomic mass is 9.92. The lowest BCUT2D eigenvalue weighted by Gasteiger charge is -2.29. The molecule has 0 bridgehead atoms. The quantitative estimate of drug-likeness (QED) is 0.649. The maximum atomic E-state index is 10.7. The molecular formula is C14H18N4O2. The van der Waals surface area contributed by atoms with E-state index in [0.717, 1.165) is 25.9 Å². The molecule has 0 spiro atoms. The molecule has 6 heteroatoms. The lowest BCUT2D eigenvalue weighted by molar-refractivity contribution is -0.384. The smallest absolute Gasteiger partial charge is 0.270 e. The van der Waals surface area contributed by atoms with Gasteiger partial charge in [0.15, 0.2) is 0 Å². The van der Waals surface area contributed by atoms with Crippen LogP contribution in [-0.2, 0) is 0 Å². The van der Waals surface area contributed by atoms with Crippen molar-refractivity contribution in [2.24, 2.45) is 5.92 Å². The van der Waals surface area contributed by atoms with Gasteiger partial charge in [-0.25, -0.2) is 0 Å². The first kappa shape index (κ1) is 14.3. The molecule has 0 aliphatic carbocycles. The van der Waals surface area contributed by atoms with Crippen molar-refractivity contribution < 1.29 is 4.92 Å². The first-order valence-corrected chi connectivity index (χ1v) is 6.77. The van der Waals surface area contributed by atoms with Crippen LogP contribution in [0, 0.1) is 27.4 Å². The van der Waals surface area contributed by atoms with Gasteiger partial charge in [0.05, 0.1) is 16.2 Å². The Morgan fingerprint density at radius 3 is 3.00 bits per heavy atom. The zero-order chi connectivity index (χ0) is 14.5. The number of piperidine rings is 1. The van der Waals surface area contributed by atoms with Gasteiger partial charge in [-0.05, 0) is 44.8 Å². The second-order valence-electron chi connectivity index (χ2n) is 5.14. The maximum absolute atomic E-state index is 10.7. The fourth-order valence-electron chi connectivity index (χ4n) is 2.53. The summed E-state index contributed by atoms with van der Waals surface area (Å²) in [5.74, 6) is 0.505. The molecule has 2 unspecified atom stereocenters. The van der Waals surface area contributed by atoms with Gasteiger partial charge in [-0.1, -0.05) is 0 Å². The van der Waals surface area contributed by atoms with Crippen LogP contribution in [0.15, 0.2) is 18.2 Å². The fourth-order valence-corrected chi connectivity index (χ4v) is 2.53. The van der Waals surface area contributed by atoms with Crippen LogP contribution < -0.4 is 10.6 Å². The highest BCUT2D eigenvalue weighted by Crippen LogP contribution is 2.24. The first-order valence-electron chi connectivity index (χ1n) is 6.77. The van der Waals surface area contributed by atoms with Crippen LogP contribution in [0.5, 0.6) is 0 Å². The van der Waals surface area contributed by atoms with Gasteiger partial charge in [-0.3, -0.25) is 10.1 Å². The van der Waals surface area contributed by atoms with Crippen LogP contribution in [0.3, 0.4) is 0 Å². The number of nitrogens with zero attached hydrogens (tertiary/aromatic N) is 2. The van der Waals surface area contributed by atoms with Crippen LogP contribution in [0.2, 0.25) is 0 Å². The Bertz CT molecular complexity index is 532. The molecular weight excluding hydrogens is 256 g/mol. The predicted molar refractivity (Wildman–Crippen MR) is 76.5 cm³/mol. The number of nitro groups is 1. The van der Waals surface area contributed by atoms with E-state index >= 15 is 0 Å². The van der Waals surface area contributed by atoms with Gasteiger partial charge in [0.1, 0.15) is 6.07 Å². The van der Waals surface area contributed by atoms with Crippen molar-refractivity contribution in [2.75, 3.05) is 18.4 Å². The Balaban J connectivity index is 2.12. The first-order chi connectivity index (χ1) is 9.61. The molecule has 106 valence electrons. The predicted octanol–water partition coefficient (Wildman–Crippen LogP) is 2.27. The maximum Gasteiger partial charge on any atom is 0.270 e. The summed E-state index contributed by atoms with van der Waals surface area (Å²) in [4.78, 5) is 10.2. The second-order valence-corrected chi connectivity index (χ2v) is 5.14. The van der Waals surface area contributed by atoms with Gasteiger partial charge < -0.3 is 10.6 Å². The number of hydrogen-bond donors (Lipinski definition) is 2. The normalized spacial score (nSPS) is 19.9. The molecule has 2 N–H and O–H groups in total. The third-order valence-corrected chi connectivity index (χ3v) is 3.76. The molecule has 0 aromatic heterocycles. The Kier molecular flexibility index (Phi) is 4.53. The number of nitriles is 1. The van der Waals surface area contributed by atoms with Gasteiger partial charge in [0.25, 0.3) is 5.69 Å². The van der Waals surface area contributed by atoms with Crippen molar-refractivity contribution in [1.29, 1.82) is 5.26 Å². The Hall–Kier alpha value is -2.13. The number of nitro benzene ring substituents is 1. The van der Waals surface area contributed by atoms with E-state index in [2.05, 4.69) is 17.6 Å². The number of non-ortho nitro benzene ring substituents is 1. The van der Waals surface area contributed by atoms with Crippen molar-refractivity contribution in [3.8, 4) is 6.07 Å². The van der Waals surface area contributed by atoms with Crippen molar-refractivity contribution >= 4 is 11.4 Å². The minimum Gasteiger partial charge on any atom is -0.381 e. The summed E-state index contributed by atoms with van der Waals surface area (Å²) in [6, 6.07) is 6.59. The molecule has 6 nitrogen and oxygen atoms in total. The fraction of sp³-hybridized carbons (Fsp3) is 0.500.